The third-order valence-electron chi connectivity index (χ3n) is 4.86. The van der Waals surface area contributed by atoms with Gasteiger partial charge in [-0.25, -0.2) is 0 Å². The molecule has 5 nitrogen and oxygen atoms in total. The van der Waals surface area contributed by atoms with Crippen molar-refractivity contribution in [2.75, 3.05) is 19.7 Å². The number of aliphatic hydroxyl groups excluding tert-OH is 1. The molecule has 0 unspecified atom stereocenters. The van der Waals surface area contributed by atoms with E-state index >= 15 is 0 Å². The van der Waals surface area contributed by atoms with Crippen molar-refractivity contribution in [3.05, 3.63) is 36.2 Å². The number of piperidine rings is 1. The van der Waals surface area contributed by atoms with E-state index in [1.807, 2.05) is 30.3 Å². The number of benzene rings is 1. The fourth-order valence-electron chi connectivity index (χ4n) is 3.03. The van der Waals surface area contributed by atoms with E-state index in [9.17, 15) is 5.11 Å². The van der Waals surface area contributed by atoms with E-state index in [0.29, 0.717) is 12.4 Å². The molecule has 0 bridgehead atoms. The molecular weight excluding hydrogens is 278 g/mol. The van der Waals surface area contributed by atoms with Crippen molar-refractivity contribution < 1.29 is 9.63 Å². The maximum Gasteiger partial charge on any atom is 0.257 e. The third kappa shape index (κ3) is 3.20. The van der Waals surface area contributed by atoms with Crippen LogP contribution in [0.15, 0.2) is 34.9 Å². The Labute approximate surface area is 131 Å². The summed E-state index contributed by atoms with van der Waals surface area (Å²) in [7, 11) is 0. The molecule has 1 aliphatic rings. The predicted octanol–water partition coefficient (Wildman–Crippen LogP) is 2.72. The minimum Gasteiger partial charge on any atom is -0.396 e. The Balaban J connectivity index is 1.60. The fourth-order valence-corrected chi connectivity index (χ4v) is 3.03. The molecule has 5 heteroatoms. The summed E-state index contributed by atoms with van der Waals surface area (Å²) in [6, 6.07) is 9.83. The van der Waals surface area contributed by atoms with Crippen molar-refractivity contribution in [3.8, 4) is 11.5 Å². The van der Waals surface area contributed by atoms with Gasteiger partial charge in [-0.05, 0) is 49.9 Å². The molecule has 0 saturated carbocycles. The van der Waals surface area contributed by atoms with Crippen molar-refractivity contribution in [2.24, 2.45) is 5.41 Å². The number of aliphatic hydroxyl groups is 1. The number of likely N-dealkylation sites (tertiary alicyclic amines) is 1. The lowest BCUT2D eigenvalue weighted by molar-refractivity contribution is 0.0371. The largest absolute Gasteiger partial charge is 0.396 e. The Morgan fingerprint density at radius 3 is 2.59 bits per heavy atom. The van der Waals surface area contributed by atoms with Crippen LogP contribution in [-0.2, 0) is 6.54 Å². The SMILES string of the molecule is CCC1(CO)CCN(Cc2noc(-c3ccccc3)n2)CC1. The minimum absolute atomic E-state index is 0.114. The van der Waals surface area contributed by atoms with Crippen LogP contribution < -0.4 is 0 Å². The summed E-state index contributed by atoms with van der Waals surface area (Å²) in [6.45, 7) is 5.11. The summed E-state index contributed by atoms with van der Waals surface area (Å²) >= 11 is 0. The number of hydrogen-bond acceptors (Lipinski definition) is 5. The Hall–Kier alpha value is -1.72. The Morgan fingerprint density at radius 2 is 1.95 bits per heavy atom. The second-order valence-corrected chi connectivity index (χ2v) is 6.17. The molecule has 1 aromatic carbocycles. The maximum absolute atomic E-state index is 9.59. The zero-order valence-electron chi connectivity index (χ0n) is 13.0. The molecule has 22 heavy (non-hydrogen) atoms. The molecular formula is C17H23N3O2. The molecule has 2 aromatic rings. The van der Waals surface area contributed by atoms with E-state index in [1.54, 1.807) is 0 Å². The van der Waals surface area contributed by atoms with Crippen LogP contribution in [0.5, 0.6) is 0 Å². The van der Waals surface area contributed by atoms with E-state index in [2.05, 4.69) is 22.0 Å². The van der Waals surface area contributed by atoms with Crippen LogP contribution in [0.2, 0.25) is 0 Å². The smallest absolute Gasteiger partial charge is 0.257 e. The van der Waals surface area contributed by atoms with Gasteiger partial charge in [0.15, 0.2) is 5.82 Å². The van der Waals surface area contributed by atoms with Gasteiger partial charge in [0.2, 0.25) is 0 Å². The number of rotatable bonds is 5. The van der Waals surface area contributed by atoms with Crippen molar-refractivity contribution in [3.63, 3.8) is 0 Å². The van der Waals surface area contributed by atoms with Crippen molar-refractivity contribution in [1.82, 2.24) is 15.0 Å². The van der Waals surface area contributed by atoms with Gasteiger partial charge in [0, 0.05) is 12.2 Å². The Morgan fingerprint density at radius 1 is 1.23 bits per heavy atom. The summed E-state index contributed by atoms with van der Waals surface area (Å²) in [5.74, 6) is 1.30. The molecule has 1 N–H and O–H groups in total. The first kappa shape index (κ1) is 15.2. The highest BCUT2D eigenvalue weighted by molar-refractivity contribution is 5.51. The van der Waals surface area contributed by atoms with Gasteiger partial charge in [0.25, 0.3) is 5.89 Å². The molecule has 3 rings (SSSR count). The summed E-state index contributed by atoms with van der Waals surface area (Å²) in [6.07, 6.45) is 3.10. The molecule has 0 aliphatic carbocycles. The topological polar surface area (TPSA) is 62.4 Å². The third-order valence-corrected chi connectivity index (χ3v) is 4.86. The van der Waals surface area contributed by atoms with Gasteiger partial charge in [0.05, 0.1) is 6.54 Å². The Bertz CT molecular complexity index is 583. The number of nitrogens with zero attached hydrogens (tertiary/aromatic N) is 3. The average Bonchev–Trinajstić information content (AvgIpc) is 3.05. The molecule has 0 radical (unpaired) electrons. The van der Waals surface area contributed by atoms with Gasteiger partial charge in [0.1, 0.15) is 0 Å². The van der Waals surface area contributed by atoms with Gasteiger partial charge in [-0.15, -0.1) is 0 Å². The van der Waals surface area contributed by atoms with Gasteiger partial charge >= 0.3 is 0 Å². The molecule has 2 heterocycles. The summed E-state index contributed by atoms with van der Waals surface area (Å²) in [5.41, 5.74) is 1.06. The highest BCUT2D eigenvalue weighted by atomic mass is 16.5. The second-order valence-electron chi connectivity index (χ2n) is 6.17. The maximum atomic E-state index is 9.59. The molecule has 0 atom stereocenters. The van der Waals surface area contributed by atoms with E-state index in [4.69, 9.17) is 4.52 Å². The molecule has 1 saturated heterocycles. The first-order valence-corrected chi connectivity index (χ1v) is 7.96. The van der Waals surface area contributed by atoms with Crippen LogP contribution in [0.25, 0.3) is 11.5 Å². The number of aromatic nitrogens is 2. The monoisotopic (exact) mass is 301 g/mol. The van der Waals surface area contributed by atoms with Gasteiger partial charge in [-0.2, -0.15) is 4.98 Å². The summed E-state index contributed by atoms with van der Waals surface area (Å²) < 4.78 is 5.35. The van der Waals surface area contributed by atoms with Crippen LogP contribution in [0.1, 0.15) is 32.0 Å². The standard InChI is InChI=1S/C17H23N3O2/c1-2-17(13-21)8-10-20(11-9-17)12-15-18-16(22-19-15)14-6-4-3-5-7-14/h3-7,21H,2,8-13H2,1H3. The second kappa shape index (κ2) is 6.58. The predicted molar refractivity (Wildman–Crippen MR) is 84.1 cm³/mol. The van der Waals surface area contributed by atoms with E-state index in [-0.39, 0.29) is 12.0 Å². The zero-order valence-corrected chi connectivity index (χ0v) is 13.0. The van der Waals surface area contributed by atoms with Gasteiger partial charge < -0.3 is 9.63 Å². The van der Waals surface area contributed by atoms with Crippen LogP contribution in [0.3, 0.4) is 0 Å². The lowest BCUT2D eigenvalue weighted by Crippen LogP contribution is -2.41. The molecule has 0 spiro atoms. The molecule has 1 aliphatic heterocycles. The average molecular weight is 301 g/mol. The molecule has 1 fully saturated rings. The van der Waals surface area contributed by atoms with E-state index in [1.165, 1.54) is 0 Å². The minimum atomic E-state index is 0.114. The highest BCUT2D eigenvalue weighted by Crippen LogP contribution is 2.34. The van der Waals surface area contributed by atoms with Crippen LogP contribution in [0, 0.1) is 5.41 Å². The number of hydrogen-bond donors (Lipinski definition) is 1. The van der Waals surface area contributed by atoms with Crippen molar-refractivity contribution in [2.45, 2.75) is 32.7 Å². The summed E-state index contributed by atoms with van der Waals surface area (Å²) in [5, 5.41) is 13.7. The fraction of sp³-hybridized carbons (Fsp3) is 0.529. The van der Waals surface area contributed by atoms with Crippen LogP contribution in [0.4, 0.5) is 0 Å². The quantitative estimate of drug-likeness (QED) is 0.920. The first-order chi connectivity index (χ1) is 10.7. The Kier molecular flexibility index (Phi) is 4.55. The molecule has 118 valence electrons. The lowest BCUT2D eigenvalue weighted by Gasteiger charge is -2.39. The van der Waals surface area contributed by atoms with Crippen molar-refractivity contribution >= 4 is 0 Å². The van der Waals surface area contributed by atoms with Crippen LogP contribution in [-0.4, -0.2) is 39.8 Å². The summed E-state index contributed by atoms with van der Waals surface area (Å²) in [4.78, 5) is 6.82. The zero-order chi connectivity index (χ0) is 15.4. The molecule has 1 aromatic heterocycles. The lowest BCUT2D eigenvalue weighted by atomic mass is 9.77. The van der Waals surface area contributed by atoms with Gasteiger partial charge in [-0.1, -0.05) is 30.3 Å². The molecule has 0 amide bonds. The normalized spacial score (nSPS) is 18.5. The van der Waals surface area contributed by atoms with Crippen LogP contribution >= 0.6 is 0 Å². The first-order valence-electron chi connectivity index (χ1n) is 7.96. The van der Waals surface area contributed by atoms with E-state index < -0.39 is 0 Å². The highest BCUT2D eigenvalue weighted by Gasteiger charge is 2.32. The van der Waals surface area contributed by atoms with Gasteiger partial charge in [-0.3, -0.25) is 4.90 Å². The van der Waals surface area contributed by atoms with E-state index in [0.717, 1.165) is 43.7 Å². The van der Waals surface area contributed by atoms with Crippen molar-refractivity contribution in [1.29, 1.82) is 0 Å².